The van der Waals surface area contributed by atoms with Crippen molar-refractivity contribution in [2.75, 3.05) is 6.54 Å². The summed E-state index contributed by atoms with van der Waals surface area (Å²) in [6.45, 7) is 4.53. The van der Waals surface area contributed by atoms with Crippen molar-refractivity contribution in [1.29, 1.82) is 0 Å². The van der Waals surface area contributed by atoms with Crippen LogP contribution in [-0.4, -0.2) is 45.8 Å². The lowest BCUT2D eigenvalue weighted by atomic mass is 9.94. The summed E-state index contributed by atoms with van der Waals surface area (Å²) in [6, 6.07) is -0.154. The van der Waals surface area contributed by atoms with Gasteiger partial charge in [-0.3, -0.25) is 9.69 Å². The molecule has 94 valence electrons. The predicted molar refractivity (Wildman–Crippen MR) is 62.4 cm³/mol. The Balaban J connectivity index is 2.68. The Labute approximate surface area is 97.3 Å². The zero-order valence-corrected chi connectivity index (χ0v) is 10.2. The largest absolute Gasteiger partial charge is 0.480 e. The van der Waals surface area contributed by atoms with E-state index in [2.05, 4.69) is 4.90 Å². The van der Waals surface area contributed by atoms with Gasteiger partial charge >= 0.3 is 5.97 Å². The minimum atomic E-state index is -0.736. The molecule has 0 bridgehead atoms. The fourth-order valence-corrected chi connectivity index (χ4v) is 2.63. The minimum absolute atomic E-state index is 0.231. The molecule has 1 aliphatic heterocycles. The monoisotopic (exact) mass is 229 g/mol. The highest BCUT2D eigenvalue weighted by Crippen LogP contribution is 2.24. The third-order valence-corrected chi connectivity index (χ3v) is 3.36. The molecule has 1 fully saturated rings. The average molecular weight is 229 g/mol. The molecular weight excluding hydrogens is 206 g/mol. The molecule has 0 amide bonds. The Hall–Kier alpha value is -0.610. The van der Waals surface area contributed by atoms with Crippen LogP contribution in [-0.2, 0) is 4.79 Å². The van der Waals surface area contributed by atoms with E-state index in [9.17, 15) is 15.0 Å². The standard InChI is InChI=1S/C12H23NO3/c1-3-11(12(15)16)13-7-5-4-6-10(13)8-9(2)14/h9-11,14H,3-8H2,1-2H3,(H,15,16). The molecule has 2 N–H and O–H groups in total. The summed E-state index contributed by atoms with van der Waals surface area (Å²) in [7, 11) is 0. The molecule has 0 radical (unpaired) electrons. The molecule has 1 rings (SSSR count). The molecule has 16 heavy (non-hydrogen) atoms. The Morgan fingerprint density at radius 1 is 1.50 bits per heavy atom. The molecule has 0 spiro atoms. The van der Waals surface area contributed by atoms with Gasteiger partial charge in [-0.25, -0.2) is 0 Å². The SMILES string of the molecule is CCC(C(=O)O)N1CCCCC1CC(C)O. The van der Waals surface area contributed by atoms with E-state index in [0.717, 1.165) is 25.8 Å². The molecule has 0 aliphatic carbocycles. The second kappa shape index (κ2) is 6.21. The van der Waals surface area contributed by atoms with E-state index in [1.54, 1.807) is 6.92 Å². The molecule has 0 aromatic rings. The number of piperidine rings is 1. The number of carbonyl (C=O) groups is 1. The Bertz CT molecular complexity index is 230. The van der Waals surface area contributed by atoms with Gasteiger partial charge in [0, 0.05) is 6.04 Å². The van der Waals surface area contributed by atoms with Crippen LogP contribution in [0.2, 0.25) is 0 Å². The summed E-state index contributed by atoms with van der Waals surface area (Å²) >= 11 is 0. The van der Waals surface area contributed by atoms with Crippen molar-refractivity contribution < 1.29 is 15.0 Å². The fraction of sp³-hybridized carbons (Fsp3) is 0.917. The molecule has 3 unspecified atom stereocenters. The zero-order chi connectivity index (χ0) is 12.1. The highest BCUT2D eigenvalue weighted by molar-refractivity contribution is 5.73. The number of hydrogen-bond donors (Lipinski definition) is 2. The maximum Gasteiger partial charge on any atom is 0.320 e. The van der Waals surface area contributed by atoms with E-state index in [0.29, 0.717) is 12.8 Å². The predicted octanol–water partition coefficient (Wildman–Crippen LogP) is 1.47. The number of carboxylic acids is 1. The van der Waals surface area contributed by atoms with Gasteiger partial charge in [-0.2, -0.15) is 0 Å². The highest BCUT2D eigenvalue weighted by atomic mass is 16.4. The molecule has 1 saturated heterocycles. The summed E-state index contributed by atoms with van der Waals surface area (Å²) in [5, 5.41) is 18.6. The first kappa shape index (κ1) is 13.5. The number of aliphatic hydroxyl groups is 1. The Morgan fingerprint density at radius 3 is 2.69 bits per heavy atom. The molecule has 0 aromatic heterocycles. The molecule has 0 aromatic carbocycles. The van der Waals surface area contributed by atoms with Gasteiger partial charge in [-0.15, -0.1) is 0 Å². The smallest absolute Gasteiger partial charge is 0.320 e. The number of likely N-dealkylation sites (tertiary alicyclic amines) is 1. The van der Waals surface area contributed by atoms with Crippen LogP contribution in [0, 0.1) is 0 Å². The number of hydrogen-bond acceptors (Lipinski definition) is 3. The normalized spacial score (nSPS) is 26.3. The van der Waals surface area contributed by atoms with Crippen LogP contribution in [0.25, 0.3) is 0 Å². The summed E-state index contributed by atoms with van der Waals surface area (Å²) in [5.74, 6) is -0.736. The fourth-order valence-electron chi connectivity index (χ4n) is 2.63. The van der Waals surface area contributed by atoms with Gasteiger partial charge in [-0.05, 0) is 39.2 Å². The second-order valence-electron chi connectivity index (χ2n) is 4.73. The number of aliphatic hydroxyl groups excluding tert-OH is 1. The lowest BCUT2D eigenvalue weighted by molar-refractivity contribution is -0.145. The summed E-state index contributed by atoms with van der Waals surface area (Å²) in [5.41, 5.74) is 0. The van der Waals surface area contributed by atoms with Crippen molar-refractivity contribution in [1.82, 2.24) is 4.90 Å². The van der Waals surface area contributed by atoms with Gasteiger partial charge in [0.15, 0.2) is 0 Å². The van der Waals surface area contributed by atoms with Gasteiger partial charge in [0.05, 0.1) is 6.10 Å². The first-order valence-electron chi connectivity index (χ1n) is 6.22. The number of nitrogens with zero attached hydrogens (tertiary/aromatic N) is 1. The molecule has 3 atom stereocenters. The number of rotatable bonds is 5. The number of aliphatic carboxylic acids is 1. The van der Waals surface area contributed by atoms with Crippen molar-refractivity contribution in [2.24, 2.45) is 0 Å². The molecule has 0 saturated carbocycles. The van der Waals surface area contributed by atoms with Crippen LogP contribution < -0.4 is 0 Å². The first-order valence-corrected chi connectivity index (χ1v) is 6.22. The van der Waals surface area contributed by atoms with Crippen LogP contribution >= 0.6 is 0 Å². The van der Waals surface area contributed by atoms with Crippen molar-refractivity contribution in [3.8, 4) is 0 Å². The molecule has 1 heterocycles. The second-order valence-corrected chi connectivity index (χ2v) is 4.73. The van der Waals surface area contributed by atoms with Crippen molar-refractivity contribution >= 4 is 5.97 Å². The quantitative estimate of drug-likeness (QED) is 0.749. The topological polar surface area (TPSA) is 60.8 Å². The minimum Gasteiger partial charge on any atom is -0.480 e. The van der Waals surface area contributed by atoms with Crippen LogP contribution in [0.5, 0.6) is 0 Å². The third-order valence-electron chi connectivity index (χ3n) is 3.36. The van der Waals surface area contributed by atoms with Crippen LogP contribution in [0.1, 0.15) is 46.0 Å². The lowest BCUT2D eigenvalue weighted by Gasteiger charge is -2.39. The lowest BCUT2D eigenvalue weighted by Crippen LogP contribution is -2.50. The van der Waals surface area contributed by atoms with Crippen LogP contribution in [0.15, 0.2) is 0 Å². The Kier molecular flexibility index (Phi) is 5.22. The third kappa shape index (κ3) is 3.46. The number of carboxylic acid groups (broad SMARTS) is 1. The van der Waals surface area contributed by atoms with Crippen molar-refractivity contribution in [2.45, 2.75) is 64.1 Å². The first-order chi connectivity index (χ1) is 7.56. The van der Waals surface area contributed by atoms with E-state index < -0.39 is 5.97 Å². The maximum absolute atomic E-state index is 11.2. The average Bonchev–Trinajstić information content (AvgIpc) is 2.20. The van der Waals surface area contributed by atoms with Gasteiger partial charge < -0.3 is 10.2 Å². The summed E-state index contributed by atoms with van der Waals surface area (Å²) in [6.07, 6.45) is 4.19. The maximum atomic E-state index is 11.2. The summed E-state index contributed by atoms with van der Waals surface area (Å²) < 4.78 is 0. The van der Waals surface area contributed by atoms with Gasteiger partial charge in [-0.1, -0.05) is 13.3 Å². The van der Waals surface area contributed by atoms with Gasteiger partial charge in [0.2, 0.25) is 0 Å². The van der Waals surface area contributed by atoms with E-state index >= 15 is 0 Å². The van der Waals surface area contributed by atoms with Crippen molar-refractivity contribution in [3.05, 3.63) is 0 Å². The van der Waals surface area contributed by atoms with E-state index in [4.69, 9.17) is 0 Å². The van der Waals surface area contributed by atoms with Gasteiger partial charge in [0.1, 0.15) is 6.04 Å². The van der Waals surface area contributed by atoms with E-state index in [1.807, 2.05) is 6.92 Å². The van der Waals surface area contributed by atoms with Crippen molar-refractivity contribution in [3.63, 3.8) is 0 Å². The molecular formula is C12H23NO3. The highest BCUT2D eigenvalue weighted by Gasteiger charge is 2.32. The van der Waals surface area contributed by atoms with E-state index in [-0.39, 0.29) is 18.2 Å². The zero-order valence-electron chi connectivity index (χ0n) is 10.2. The summed E-state index contributed by atoms with van der Waals surface area (Å²) in [4.78, 5) is 13.2. The Morgan fingerprint density at radius 2 is 2.19 bits per heavy atom. The van der Waals surface area contributed by atoms with E-state index in [1.165, 1.54) is 0 Å². The molecule has 4 heteroatoms. The van der Waals surface area contributed by atoms with Gasteiger partial charge in [0.25, 0.3) is 0 Å². The molecule has 4 nitrogen and oxygen atoms in total. The van der Waals surface area contributed by atoms with Crippen LogP contribution in [0.4, 0.5) is 0 Å². The molecule has 1 aliphatic rings. The van der Waals surface area contributed by atoms with Crippen LogP contribution in [0.3, 0.4) is 0 Å².